The second-order valence-electron chi connectivity index (χ2n) is 5.35. The molecule has 0 bridgehead atoms. The van der Waals surface area contributed by atoms with Crippen molar-refractivity contribution in [2.24, 2.45) is 5.92 Å². The van der Waals surface area contributed by atoms with E-state index < -0.39 is 0 Å². The second-order valence-corrected chi connectivity index (χ2v) is 7.65. The van der Waals surface area contributed by atoms with Crippen molar-refractivity contribution >= 4 is 28.1 Å². The Bertz CT molecular complexity index is 671. The molecule has 21 heavy (non-hydrogen) atoms. The number of thioether (sulfide) groups is 1. The van der Waals surface area contributed by atoms with Gasteiger partial charge in [0, 0.05) is 23.7 Å². The number of hydrogen-bond acceptors (Lipinski definition) is 5. The molecule has 6 heteroatoms. The molecule has 110 valence electrons. The van der Waals surface area contributed by atoms with Crippen LogP contribution in [0.5, 0.6) is 0 Å². The number of hydrogen-bond donors (Lipinski definition) is 0. The van der Waals surface area contributed by atoms with Crippen molar-refractivity contribution in [3.05, 3.63) is 30.7 Å². The lowest BCUT2D eigenvalue weighted by molar-refractivity contribution is 0.579. The molecule has 0 amide bonds. The number of nitrogens with zero attached hydrogens (tertiary/aromatic N) is 4. The van der Waals surface area contributed by atoms with Crippen LogP contribution in [0.3, 0.4) is 0 Å². The summed E-state index contributed by atoms with van der Waals surface area (Å²) in [5.74, 6) is 1.91. The molecule has 4 nitrogen and oxygen atoms in total. The Balaban J connectivity index is 1.67. The van der Waals surface area contributed by atoms with Crippen LogP contribution in [0.1, 0.15) is 26.7 Å². The third-order valence-electron chi connectivity index (χ3n) is 3.13. The van der Waals surface area contributed by atoms with Crippen LogP contribution in [0.15, 0.2) is 35.1 Å². The molecule has 3 rings (SSSR count). The van der Waals surface area contributed by atoms with Gasteiger partial charge in [-0.3, -0.25) is 4.98 Å². The molecule has 0 spiro atoms. The van der Waals surface area contributed by atoms with Crippen molar-refractivity contribution in [1.82, 2.24) is 19.6 Å². The van der Waals surface area contributed by atoms with Gasteiger partial charge in [-0.1, -0.05) is 43.4 Å². The van der Waals surface area contributed by atoms with Crippen molar-refractivity contribution in [1.29, 1.82) is 0 Å². The monoisotopic (exact) mass is 318 g/mol. The zero-order valence-corrected chi connectivity index (χ0v) is 13.8. The van der Waals surface area contributed by atoms with E-state index in [1.807, 2.05) is 40.8 Å². The Hall–Kier alpha value is -1.40. The van der Waals surface area contributed by atoms with Gasteiger partial charge in [0.2, 0.25) is 4.96 Å². The molecule has 0 fully saturated rings. The highest BCUT2D eigenvalue weighted by molar-refractivity contribution is 8.01. The van der Waals surface area contributed by atoms with E-state index in [2.05, 4.69) is 28.9 Å². The first kappa shape index (κ1) is 14.5. The van der Waals surface area contributed by atoms with Crippen LogP contribution in [0.2, 0.25) is 0 Å². The average Bonchev–Trinajstić information content (AvgIpc) is 3.02. The van der Waals surface area contributed by atoms with Crippen LogP contribution in [0.4, 0.5) is 0 Å². The fourth-order valence-corrected chi connectivity index (χ4v) is 4.00. The second kappa shape index (κ2) is 6.58. The van der Waals surface area contributed by atoms with Gasteiger partial charge >= 0.3 is 0 Å². The lowest BCUT2D eigenvalue weighted by atomic mass is 10.1. The fraction of sp³-hybridized carbons (Fsp3) is 0.400. The summed E-state index contributed by atoms with van der Waals surface area (Å²) in [4.78, 5) is 9.70. The molecule has 0 aliphatic rings. The van der Waals surface area contributed by atoms with Crippen LogP contribution in [0.25, 0.3) is 16.2 Å². The maximum absolute atomic E-state index is 4.63. The topological polar surface area (TPSA) is 43.1 Å². The van der Waals surface area contributed by atoms with Gasteiger partial charge in [0.1, 0.15) is 0 Å². The van der Waals surface area contributed by atoms with Crippen molar-refractivity contribution < 1.29 is 0 Å². The van der Waals surface area contributed by atoms with E-state index in [1.54, 1.807) is 17.5 Å². The van der Waals surface area contributed by atoms with Crippen molar-refractivity contribution in [3.63, 3.8) is 0 Å². The standard InChI is InChI=1S/C15H18N4S2/c1-11(2)5-4-8-20-15-18-19-10-13(17-14(19)21-15)12-6-3-7-16-9-12/h3,6-7,9-11H,4-5,8H2,1-2H3. The van der Waals surface area contributed by atoms with Gasteiger partial charge in [-0.15, -0.1) is 5.10 Å². The van der Waals surface area contributed by atoms with Gasteiger partial charge in [0.25, 0.3) is 0 Å². The van der Waals surface area contributed by atoms with Crippen LogP contribution in [-0.4, -0.2) is 25.3 Å². The summed E-state index contributed by atoms with van der Waals surface area (Å²) in [7, 11) is 0. The molecule has 0 saturated heterocycles. The summed E-state index contributed by atoms with van der Waals surface area (Å²) in [6.45, 7) is 4.53. The van der Waals surface area contributed by atoms with Gasteiger partial charge in [0.15, 0.2) is 4.34 Å². The Morgan fingerprint density at radius 1 is 1.38 bits per heavy atom. The minimum atomic E-state index is 0.779. The summed E-state index contributed by atoms with van der Waals surface area (Å²) in [6, 6.07) is 3.94. The fourth-order valence-electron chi connectivity index (χ4n) is 2.04. The highest BCUT2D eigenvalue weighted by atomic mass is 32.2. The Kier molecular flexibility index (Phi) is 4.55. The highest BCUT2D eigenvalue weighted by Crippen LogP contribution is 2.28. The number of fused-ring (bicyclic) bond motifs is 1. The Morgan fingerprint density at radius 2 is 2.29 bits per heavy atom. The molecular formula is C15H18N4S2. The van der Waals surface area contributed by atoms with Crippen LogP contribution in [0, 0.1) is 5.92 Å². The highest BCUT2D eigenvalue weighted by Gasteiger charge is 2.10. The third kappa shape index (κ3) is 3.63. The van der Waals surface area contributed by atoms with E-state index in [1.165, 1.54) is 12.8 Å². The van der Waals surface area contributed by atoms with Gasteiger partial charge in [-0.25, -0.2) is 9.50 Å². The van der Waals surface area contributed by atoms with E-state index in [0.29, 0.717) is 0 Å². The molecule has 0 unspecified atom stereocenters. The van der Waals surface area contributed by atoms with Crippen LogP contribution >= 0.6 is 23.1 Å². The molecule has 0 radical (unpaired) electrons. The van der Waals surface area contributed by atoms with Gasteiger partial charge in [0.05, 0.1) is 11.9 Å². The number of aromatic nitrogens is 4. The molecule has 0 aliphatic carbocycles. The minimum Gasteiger partial charge on any atom is -0.264 e. The maximum Gasteiger partial charge on any atom is 0.213 e. The van der Waals surface area contributed by atoms with Crippen molar-refractivity contribution in [3.8, 4) is 11.3 Å². The molecular weight excluding hydrogens is 300 g/mol. The maximum atomic E-state index is 4.63. The predicted molar refractivity (Wildman–Crippen MR) is 88.9 cm³/mol. The zero-order valence-electron chi connectivity index (χ0n) is 12.2. The molecule has 0 aromatic carbocycles. The average molecular weight is 318 g/mol. The first-order valence-corrected chi connectivity index (χ1v) is 8.92. The number of pyridine rings is 1. The summed E-state index contributed by atoms with van der Waals surface area (Å²) in [5, 5.41) is 4.59. The van der Waals surface area contributed by atoms with Gasteiger partial charge in [-0.2, -0.15) is 0 Å². The largest absolute Gasteiger partial charge is 0.264 e. The lowest BCUT2D eigenvalue weighted by Gasteiger charge is -2.01. The van der Waals surface area contributed by atoms with Crippen molar-refractivity contribution in [2.45, 2.75) is 31.0 Å². The molecule has 0 atom stereocenters. The third-order valence-corrected chi connectivity index (χ3v) is 5.28. The molecule has 3 aromatic heterocycles. The molecule has 0 N–H and O–H groups in total. The van der Waals surface area contributed by atoms with E-state index in [-0.39, 0.29) is 0 Å². The number of imidazole rings is 1. The van der Waals surface area contributed by atoms with E-state index in [4.69, 9.17) is 0 Å². The molecule has 0 saturated carbocycles. The Labute approximate surface area is 132 Å². The summed E-state index contributed by atoms with van der Waals surface area (Å²) < 4.78 is 2.97. The van der Waals surface area contributed by atoms with Crippen molar-refractivity contribution in [2.75, 3.05) is 5.75 Å². The first-order valence-electron chi connectivity index (χ1n) is 7.12. The van der Waals surface area contributed by atoms with Crippen LogP contribution < -0.4 is 0 Å². The first-order chi connectivity index (χ1) is 10.2. The lowest BCUT2D eigenvalue weighted by Crippen LogP contribution is -1.89. The predicted octanol–water partition coefficient (Wildman–Crippen LogP) is 4.38. The molecule has 0 aliphatic heterocycles. The van der Waals surface area contributed by atoms with E-state index in [9.17, 15) is 0 Å². The number of rotatable bonds is 6. The summed E-state index contributed by atoms with van der Waals surface area (Å²) in [6.07, 6.45) is 8.09. The minimum absolute atomic E-state index is 0.779. The van der Waals surface area contributed by atoms with Gasteiger partial charge < -0.3 is 0 Å². The summed E-state index contributed by atoms with van der Waals surface area (Å²) >= 11 is 3.48. The SMILES string of the molecule is CC(C)CCCSc1nn2cc(-c3cccnc3)nc2s1. The van der Waals surface area contributed by atoms with E-state index >= 15 is 0 Å². The quantitative estimate of drug-likeness (QED) is 0.499. The normalized spacial score (nSPS) is 11.6. The Morgan fingerprint density at radius 3 is 3.00 bits per heavy atom. The molecule has 3 heterocycles. The zero-order chi connectivity index (χ0) is 14.7. The summed E-state index contributed by atoms with van der Waals surface area (Å²) in [5.41, 5.74) is 1.96. The van der Waals surface area contributed by atoms with Crippen LogP contribution in [-0.2, 0) is 0 Å². The van der Waals surface area contributed by atoms with E-state index in [0.717, 1.165) is 32.2 Å². The van der Waals surface area contributed by atoms with Gasteiger partial charge in [-0.05, 0) is 24.5 Å². The molecule has 3 aromatic rings. The smallest absolute Gasteiger partial charge is 0.213 e.